The summed E-state index contributed by atoms with van der Waals surface area (Å²) < 4.78 is 3.76. The maximum Gasteiger partial charge on any atom is 0.270 e. The van der Waals surface area contributed by atoms with E-state index in [-0.39, 0.29) is 23.3 Å². The second-order valence-corrected chi connectivity index (χ2v) is 7.79. The van der Waals surface area contributed by atoms with Crippen molar-refractivity contribution in [1.82, 2.24) is 19.4 Å². The molecule has 3 heterocycles. The van der Waals surface area contributed by atoms with Crippen molar-refractivity contribution in [3.05, 3.63) is 48.0 Å². The number of hydrogen-bond donors (Lipinski definition) is 1. The molecule has 1 N–H and O–H groups in total. The van der Waals surface area contributed by atoms with Crippen molar-refractivity contribution in [2.45, 2.75) is 31.7 Å². The maximum atomic E-state index is 12.7. The summed E-state index contributed by atoms with van der Waals surface area (Å²) >= 11 is 0. The third-order valence-electron chi connectivity index (χ3n) is 6.28. The number of piperidine rings is 1. The molecule has 2 amide bonds. The normalized spacial score (nSPS) is 21.5. The van der Waals surface area contributed by atoms with Gasteiger partial charge in [0.2, 0.25) is 0 Å². The lowest BCUT2D eigenvalue weighted by Crippen LogP contribution is -2.59. The third kappa shape index (κ3) is 2.83. The summed E-state index contributed by atoms with van der Waals surface area (Å²) in [5.74, 6) is 0.119. The van der Waals surface area contributed by atoms with E-state index in [9.17, 15) is 9.59 Å². The first-order valence-electron chi connectivity index (χ1n) is 9.32. The molecule has 1 aliphatic carbocycles. The summed E-state index contributed by atoms with van der Waals surface area (Å²) in [6.07, 6.45) is 9.73. The van der Waals surface area contributed by atoms with Crippen LogP contribution >= 0.6 is 0 Å². The number of rotatable bonds is 3. The molecule has 1 saturated heterocycles. The van der Waals surface area contributed by atoms with Crippen molar-refractivity contribution in [3.8, 4) is 0 Å². The number of likely N-dealkylation sites (tertiary alicyclic amines) is 1. The molecule has 0 bridgehead atoms. The molecular formula is C20H26N4O2. The van der Waals surface area contributed by atoms with Gasteiger partial charge in [0.25, 0.3) is 11.8 Å². The fraction of sp³-hybridized carbons (Fsp3) is 0.500. The van der Waals surface area contributed by atoms with E-state index in [1.165, 1.54) is 0 Å². The Bertz CT molecular complexity index is 826. The van der Waals surface area contributed by atoms with Gasteiger partial charge in [-0.25, -0.2) is 0 Å². The lowest BCUT2D eigenvalue weighted by molar-refractivity contribution is -0.00258. The fourth-order valence-electron chi connectivity index (χ4n) is 4.40. The molecule has 1 atom stereocenters. The molecule has 0 radical (unpaired) electrons. The van der Waals surface area contributed by atoms with Gasteiger partial charge in [-0.3, -0.25) is 9.59 Å². The predicted molar refractivity (Wildman–Crippen MR) is 98.9 cm³/mol. The minimum Gasteiger partial charge on any atom is -0.356 e. The third-order valence-corrected chi connectivity index (χ3v) is 6.28. The van der Waals surface area contributed by atoms with Gasteiger partial charge in [-0.2, -0.15) is 0 Å². The van der Waals surface area contributed by atoms with Crippen LogP contribution in [0, 0.1) is 5.41 Å². The van der Waals surface area contributed by atoms with Gasteiger partial charge in [0.05, 0.1) is 5.56 Å². The molecule has 2 fully saturated rings. The van der Waals surface area contributed by atoms with Crippen molar-refractivity contribution < 1.29 is 9.59 Å². The Kier molecular flexibility index (Phi) is 4.13. The summed E-state index contributed by atoms with van der Waals surface area (Å²) in [6.45, 7) is 1.53. The maximum absolute atomic E-state index is 12.7. The van der Waals surface area contributed by atoms with Crippen molar-refractivity contribution in [2.24, 2.45) is 19.5 Å². The lowest BCUT2D eigenvalue weighted by Gasteiger charge is -2.54. The van der Waals surface area contributed by atoms with Gasteiger partial charge in [-0.15, -0.1) is 0 Å². The Morgan fingerprint density at radius 3 is 2.42 bits per heavy atom. The van der Waals surface area contributed by atoms with Gasteiger partial charge < -0.3 is 19.4 Å². The molecular weight excluding hydrogens is 328 g/mol. The first-order chi connectivity index (χ1) is 12.5. The van der Waals surface area contributed by atoms with Crippen LogP contribution in [0.3, 0.4) is 0 Å². The van der Waals surface area contributed by atoms with E-state index in [0.717, 1.165) is 44.5 Å². The van der Waals surface area contributed by atoms with E-state index in [0.29, 0.717) is 5.56 Å². The smallest absolute Gasteiger partial charge is 0.270 e. The first kappa shape index (κ1) is 16.9. The minimum absolute atomic E-state index is 0.0111. The zero-order chi connectivity index (χ0) is 18.3. The standard InChI is InChI=1S/C20H26N4O2/c1-22-11-6-15(14-22)18(25)21-17-5-7-20(17)8-12-24(13-9-20)19(26)16-4-3-10-23(16)2/h3-4,6,10-11,14,17H,5,7-9,12-13H2,1-2H3,(H,21,25)/t17-/m1/s1. The Morgan fingerprint density at radius 1 is 1.12 bits per heavy atom. The van der Waals surface area contributed by atoms with E-state index < -0.39 is 0 Å². The molecule has 0 aromatic carbocycles. The zero-order valence-corrected chi connectivity index (χ0v) is 15.4. The number of nitrogens with zero attached hydrogens (tertiary/aromatic N) is 3. The van der Waals surface area contributed by atoms with Crippen LogP contribution in [0.15, 0.2) is 36.8 Å². The fourth-order valence-corrected chi connectivity index (χ4v) is 4.40. The van der Waals surface area contributed by atoms with Gasteiger partial charge in [-0.1, -0.05) is 0 Å². The van der Waals surface area contributed by atoms with Crippen LogP contribution in [0.4, 0.5) is 0 Å². The van der Waals surface area contributed by atoms with Gasteiger partial charge in [0, 0.05) is 51.8 Å². The molecule has 1 spiro atoms. The number of amides is 2. The molecule has 6 heteroatoms. The average molecular weight is 354 g/mol. The number of aryl methyl sites for hydroxylation is 2. The number of nitrogens with one attached hydrogen (secondary N) is 1. The largest absolute Gasteiger partial charge is 0.356 e. The zero-order valence-electron chi connectivity index (χ0n) is 15.4. The first-order valence-corrected chi connectivity index (χ1v) is 9.32. The molecule has 1 saturated carbocycles. The van der Waals surface area contributed by atoms with E-state index >= 15 is 0 Å². The molecule has 2 aromatic heterocycles. The molecule has 0 unspecified atom stereocenters. The highest BCUT2D eigenvalue weighted by molar-refractivity contribution is 5.94. The second kappa shape index (κ2) is 6.34. The summed E-state index contributed by atoms with van der Waals surface area (Å²) in [5, 5.41) is 3.23. The van der Waals surface area contributed by atoms with Crippen molar-refractivity contribution in [3.63, 3.8) is 0 Å². The molecule has 26 heavy (non-hydrogen) atoms. The highest BCUT2D eigenvalue weighted by atomic mass is 16.2. The van der Waals surface area contributed by atoms with Crippen molar-refractivity contribution in [1.29, 1.82) is 0 Å². The lowest BCUT2D eigenvalue weighted by atomic mass is 9.59. The Hall–Kier alpha value is -2.50. The van der Waals surface area contributed by atoms with Gasteiger partial charge in [0.1, 0.15) is 5.69 Å². The van der Waals surface area contributed by atoms with Crippen LogP contribution in [0.25, 0.3) is 0 Å². The molecule has 2 aliphatic rings. The molecule has 6 nitrogen and oxygen atoms in total. The SMILES string of the molecule is Cn1ccc(C(=O)N[C@@H]2CCC23CCN(C(=O)c2cccn2C)CC3)c1. The topological polar surface area (TPSA) is 59.3 Å². The quantitative estimate of drug-likeness (QED) is 0.918. The van der Waals surface area contributed by atoms with E-state index in [2.05, 4.69) is 5.32 Å². The highest BCUT2D eigenvalue weighted by Gasteiger charge is 2.49. The van der Waals surface area contributed by atoms with Crippen LogP contribution in [-0.4, -0.2) is 45.0 Å². The van der Waals surface area contributed by atoms with Crippen LogP contribution < -0.4 is 5.32 Å². The Balaban J connectivity index is 1.37. The van der Waals surface area contributed by atoms with Crippen molar-refractivity contribution in [2.75, 3.05) is 13.1 Å². The molecule has 1 aliphatic heterocycles. The number of hydrogen-bond acceptors (Lipinski definition) is 2. The summed E-state index contributed by atoms with van der Waals surface area (Å²) in [6, 6.07) is 5.85. The van der Waals surface area contributed by atoms with Crippen molar-refractivity contribution >= 4 is 11.8 Å². The Morgan fingerprint density at radius 2 is 1.88 bits per heavy atom. The Labute approximate surface area is 153 Å². The van der Waals surface area contributed by atoms with Gasteiger partial charge in [0.15, 0.2) is 0 Å². The van der Waals surface area contributed by atoms with Gasteiger partial charge in [-0.05, 0) is 49.3 Å². The van der Waals surface area contributed by atoms with Gasteiger partial charge >= 0.3 is 0 Å². The number of aromatic nitrogens is 2. The number of carbonyl (C=O) groups excluding carboxylic acids is 2. The van der Waals surface area contributed by atoms with E-state index in [4.69, 9.17) is 0 Å². The summed E-state index contributed by atoms with van der Waals surface area (Å²) in [5.41, 5.74) is 1.62. The van der Waals surface area contributed by atoms with E-state index in [1.807, 2.05) is 64.9 Å². The predicted octanol–water partition coefficient (Wildman–Crippen LogP) is 2.18. The van der Waals surface area contributed by atoms with Crippen LogP contribution in [0.2, 0.25) is 0 Å². The summed E-state index contributed by atoms with van der Waals surface area (Å²) in [7, 11) is 3.82. The van der Waals surface area contributed by atoms with E-state index in [1.54, 1.807) is 0 Å². The minimum atomic E-state index is 0.0111. The van der Waals surface area contributed by atoms with Crippen LogP contribution in [-0.2, 0) is 14.1 Å². The second-order valence-electron chi connectivity index (χ2n) is 7.79. The van der Waals surface area contributed by atoms with Crippen LogP contribution in [0.1, 0.15) is 46.5 Å². The monoisotopic (exact) mass is 354 g/mol. The highest BCUT2D eigenvalue weighted by Crippen LogP contribution is 2.49. The molecule has 4 rings (SSSR count). The van der Waals surface area contributed by atoms with Crippen LogP contribution in [0.5, 0.6) is 0 Å². The molecule has 2 aromatic rings. The average Bonchev–Trinajstić information content (AvgIpc) is 3.26. The number of carbonyl (C=O) groups is 2. The summed E-state index contributed by atoms with van der Waals surface area (Å²) in [4.78, 5) is 27.1. The molecule has 138 valence electrons.